The van der Waals surface area contributed by atoms with Crippen molar-refractivity contribution in [2.24, 2.45) is 4.99 Å². The molecule has 0 unspecified atom stereocenters. The Morgan fingerprint density at radius 3 is 2.56 bits per heavy atom. The summed E-state index contributed by atoms with van der Waals surface area (Å²) in [6, 6.07) is 14.8. The number of aromatic nitrogens is 1. The highest BCUT2D eigenvalue weighted by atomic mass is 32.1. The second-order valence-electron chi connectivity index (χ2n) is 8.99. The van der Waals surface area contributed by atoms with Crippen molar-refractivity contribution < 1.29 is 27.1 Å². The molecule has 2 aromatic carbocycles. The molecule has 0 N–H and O–H groups in total. The summed E-state index contributed by atoms with van der Waals surface area (Å²) in [6.07, 6.45) is -2.95. The number of alkyl halides is 3. The van der Waals surface area contributed by atoms with Crippen LogP contribution in [0.2, 0.25) is 0 Å². The molecule has 0 spiro atoms. The van der Waals surface area contributed by atoms with Gasteiger partial charge in [-0.2, -0.15) is 13.2 Å². The smallest absolute Gasteiger partial charge is 0.416 e. The number of carbonyl (C=O) groups excluding carboxylic acids is 1. The average molecular weight is 553 g/mol. The first-order valence-corrected chi connectivity index (χ1v) is 12.9. The summed E-state index contributed by atoms with van der Waals surface area (Å²) in [4.78, 5) is 31.6. The second-order valence-corrected chi connectivity index (χ2v) is 10.0. The fraction of sp³-hybridized carbons (Fsp3) is 0.207. The number of hydrogen-bond acceptors (Lipinski definition) is 6. The van der Waals surface area contributed by atoms with E-state index in [4.69, 9.17) is 9.15 Å². The maximum atomic E-state index is 13.7. The van der Waals surface area contributed by atoms with E-state index in [1.165, 1.54) is 22.8 Å². The minimum absolute atomic E-state index is 0.174. The Kier molecular flexibility index (Phi) is 6.90. The van der Waals surface area contributed by atoms with Crippen molar-refractivity contribution in [2.75, 3.05) is 6.61 Å². The van der Waals surface area contributed by atoms with E-state index in [9.17, 15) is 22.8 Å². The summed E-state index contributed by atoms with van der Waals surface area (Å²) < 4.78 is 52.3. The van der Waals surface area contributed by atoms with Crippen molar-refractivity contribution >= 4 is 23.4 Å². The van der Waals surface area contributed by atoms with E-state index in [2.05, 4.69) is 4.99 Å². The second kappa shape index (κ2) is 10.2. The molecule has 5 rings (SSSR count). The van der Waals surface area contributed by atoms with Gasteiger partial charge >= 0.3 is 12.1 Å². The van der Waals surface area contributed by atoms with Gasteiger partial charge in [0.15, 0.2) is 4.80 Å². The van der Waals surface area contributed by atoms with Gasteiger partial charge in [0.25, 0.3) is 5.56 Å². The molecule has 6 nitrogen and oxygen atoms in total. The number of furan rings is 1. The van der Waals surface area contributed by atoms with Crippen LogP contribution in [0.25, 0.3) is 17.4 Å². The number of nitrogens with zero attached hydrogens (tertiary/aromatic N) is 2. The van der Waals surface area contributed by atoms with E-state index < -0.39 is 23.8 Å². The average Bonchev–Trinajstić information content (AvgIpc) is 3.48. The molecule has 200 valence electrons. The molecule has 1 aliphatic heterocycles. The highest BCUT2D eigenvalue weighted by Gasteiger charge is 2.33. The molecule has 0 fully saturated rings. The molecule has 0 saturated heterocycles. The highest BCUT2D eigenvalue weighted by molar-refractivity contribution is 7.07. The Hall–Kier alpha value is -4.18. The lowest BCUT2D eigenvalue weighted by atomic mass is 9.95. The molecule has 3 heterocycles. The molecule has 0 saturated carbocycles. The van der Waals surface area contributed by atoms with Crippen LogP contribution in [-0.2, 0) is 15.7 Å². The molecule has 1 aliphatic rings. The number of ether oxygens (including phenoxy) is 1. The summed E-state index contributed by atoms with van der Waals surface area (Å²) >= 11 is 1.13. The highest BCUT2D eigenvalue weighted by Crippen LogP contribution is 2.33. The van der Waals surface area contributed by atoms with Gasteiger partial charge in [-0.1, -0.05) is 53.3 Å². The van der Waals surface area contributed by atoms with Crippen LogP contribution in [0.4, 0.5) is 13.2 Å². The lowest BCUT2D eigenvalue weighted by molar-refractivity contribution is -0.139. The quantitative estimate of drug-likeness (QED) is 0.312. The van der Waals surface area contributed by atoms with Crippen molar-refractivity contribution in [1.82, 2.24) is 4.57 Å². The molecule has 0 aliphatic carbocycles. The van der Waals surface area contributed by atoms with Gasteiger partial charge in [0.2, 0.25) is 0 Å². The molecule has 1 atom stereocenters. The fourth-order valence-corrected chi connectivity index (χ4v) is 5.45. The number of hydrogen-bond donors (Lipinski definition) is 0. The van der Waals surface area contributed by atoms with Gasteiger partial charge in [0, 0.05) is 11.6 Å². The normalized spacial score (nSPS) is 15.7. The predicted molar refractivity (Wildman–Crippen MR) is 141 cm³/mol. The minimum atomic E-state index is -4.48. The Morgan fingerprint density at radius 1 is 1.13 bits per heavy atom. The van der Waals surface area contributed by atoms with Gasteiger partial charge in [-0.25, -0.2) is 9.79 Å². The van der Waals surface area contributed by atoms with Gasteiger partial charge < -0.3 is 9.15 Å². The molecule has 39 heavy (non-hydrogen) atoms. The molecule has 0 bridgehead atoms. The zero-order chi connectivity index (χ0) is 27.9. The number of halogens is 3. The van der Waals surface area contributed by atoms with Crippen molar-refractivity contribution in [1.29, 1.82) is 0 Å². The maximum absolute atomic E-state index is 13.7. The van der Waals surface area contributed by atoms with Gasteiger partial charge in [-0.05, 0) is 50.6 Å². The molecule has 2 aromatic heterocycles. The van der Waals surface area contributed by atoms with Crippen LogP contribution >= 0.6 is 11.3 Å². The van der Waals surface area contributed by atoms with Crippen molar-refractivity contribution in [2.45, 2.75) is 33.0 Å². The Labute approximate surface area is 225 Å². The fourth-order valence-electron chi connectivity index (χ4n) is 4.42. The molecule has 4 aromatic rings. The van der Waals surface area contributed by atoms with Crippen LogP contribution in [0, 0.1) is 6.92 Å². The minimum Gasteiger partial charge on any atom is -0.463 e. The molecule has 0 radical (unpaired) electrons. The number of rotatable bonds is 5. The van der Waals surface area contributed by atoms with E-state index in [-0.39, 0.29) is 29.1 Å². The van der Waals surface area contributed by atoms with Gasteiger partial charge in [0.05, 0.1) is 34.0 Å². The van der Waals surface area contributed by atoms with Crippen molar-refractivity contribution in [3.8, 4) is 11.3 Å². The largest absolute Gasteiger partial charge is 0.463 e. The number of esters is 1. The van der Waals surface area contributed by atoms with E-state index in [1.54, 1.807) is 26.0 Å². The Bertz CT molecular complexity index is 1780. The Morgan fingerprint density at radius 2 is 1.87 bits per heavy atom. The number of fused-ring (bicyclic) bond motifs is 1. The number of benzene rings is 2. The van der Waals surface area contributed by atoms with E-state index in [0.29, 0.717) is 20.8 Å². The first-order valence-electron chi connectivity index (χ1n) is 12.1. The molecular formula is C29H23F3N2O4S. The van der Waals surface area contributed by atoms with Crippen molar-refractivity contribution in [3.05, 3.63) is 114 Å². The predicted octanol–water partition coefficient (Wildman–Crippen LogP) is 5.39. The van der Waals surface area contributed by atoms with E-state index in [0.717, 1.165) is 34.6 Å². The number of aryl methyl sites for hydroxylation is 1. The third-order valence-electron chi connectivity index (χ3n) is 6.28. The zero-order valence-electron chi connectivity index (χ0n) is 21.2. The first-order chi connectivity index (χ1) is 18.6. The summed E-state index contributed by atoms with van der Waals surface area (Å²) in [6.45, 7) is 5.53. The van der Waals surface area contributed by atoms with E-state index in [1.807, 2.05) is 31.2 Å². The number of carbonyl (C=O) groups is 1. The lowest BCUT2D eigenvalue weighted by Crippen LogP contribution is -2.39. The summed E-state index contributed by atoms with van der Waals surface area (Å²) in [5.41, 5.74) is 1.60. The first kappa shape index (κ1) is 26.4. The van der Waals surface area contributed by atoms with Crippen molar-refractivity contribution in [3.63, 3.8) is 0 Å². The lowest BCUT2D eigenvalue weighted by Gasteiger charge is -2.24. The zero-order valence-corrected chi connectivity index (χ0v) is 22.0. The maximum Gasteiger partial charge on any atom is 0.416 e. The molecular weight excluding hydrogens is 529 g/mol. The van der Waals surface area contributed by atoms with Crippen LogP contribution in [0.15, 0.2) is 86.1 Å². The standard InChI is InChI=1S/C29H23F3N2O4S/c1-4-37-27(36)24-17(3)33-28-34(25(24)18-10-8-16(2)9-11-18)26(35)23(39-28)15-21-12-13-22(38-21)19-6-5-7-20(14-19)29(30,31)32/h5-15,25H,4H2,1-3H3/b23-15-/t25-/m0/s1. The Balaban J connectivity index is 1.60. The SMILES string of the molecule is CCOC(=O)C1=C(C)N=c2s/c(=C\c3ccc(-c4cccc(C(F)(F)F)c4)o3)c(=O)n2[C@H]1c1ccc(C)cc1. The van der Waals surface area contributed by atoms with Crippen LogP contribution in [0.3, 0.4) is 0 Å². The van der Waals surface area contributed by atoms with Crippen LogP contribution < -0.4 is 14.9 Å². The van der Waals surface area contributed by atoms with Gasteiger partial charge in [0.1, 0.15) is 11.5 Å². The molecule has 10 heteroatoms. The van der Waals surface area contributed by atoms with Gasteiger partial charge in [-0.3, -0.25) is 9.36 Å². The topological polar surface area (TPSA) is 73.8 Å². The van der Waals surface area contributed by atoms with Crippen LogP contribution in [-0.4, -0.2) is 17.1 Å². The van der Waals surface area contributed by atoms with E-state index >= 15 is 0 Å². The third-order valence-corrected chi connectivity index (χ3v) is 7.27. The third kappa shape index (κ3) is 5.12. The molecule has 0 amide bonds. The summed E-state index contributed by atoms with van der Waals surface area (Å²) in [7, 11) is 0. The number of allylic oxidation sites excluding steroid dienone is 1. The summed E-state index contributed by atoms with van der Waals surface area (Å²) in [5, 5.41) is 0. The number of thiazole rings is 1. The monoisotopic (exact) mass is 552 g/mol. The van der Waals surface area contributed by atoms with Crippen LogP contribution in [0.5, 0.6) is 0 Å². The van der Waals surface area contributed by atoms with Gasteiger partial charge in [-0.15, -0.1) is 0 Å². The summed E-state index contributed by atoms with van der Waals surface area (Å²) in [5.74, 6) is -0.0191. The van der Waals surface area contributed by atoms with Crippen LogP contribution in [0.1, 0.15) is 42.3 Å².